The Labute approximate surface area is 232 Å². The summed E-state index contributed by atoms with van der Waals surface area (Å²) in [6, 6.07) is 10.2. The van der Waals surface area contributed by atoms with E-state index in [1.807, 2.05) is 25.8 Å². The number of H-pyrrole nitrogens is 1. The van der Waals surface area contributed by atoms with Crippen molar-refractivity contribution in [2.45, 2.75) is 24.5 Å². The van der Waals surface area contributed by atoms with Gasteiger partial charge in [0.1, 0.15) is 0 Å². The van der Waals surface area contributed by atoms with Crippen LogP contribution in [0, 0.1) is 13.8 Å². The number of aromatic carboxylic acids is 1. The van der Waals surface area contributed by atoms with Gasteiger partial charge in [0, 0.05) is 48.8 Å². The molecule has 2 aromatic carbocycles. The Balaban J connectivity index is 1.44. The number of piperazine rings is 1. The normalized spacial score (nSPS) is 16.7. The number of fused-ring (bicyclic) bond motifs is 1. The number of rotatable bonds is 6. The molecule has 0 saturated carbocycles. The molecule has 0 atom stereocenters. The largest absolute Gasteiger partial charge is 0.478 e. The van der Waals surface area contributed by atoms with E-state index >= 15 is 0 Å². The summed E-state index contributed by atoms with van der Waals surface area (Å²) in [4.78, 5) is 44.6. The first-order chi connectivity index (χ1) is 18.9. The van der Waals surface area contributed by atoms with Crippen LogP contribution in [0.25, 0.3) is 11.6 Å². The van der Waals surface area contributed by atoms with Crippen LogP contribution in [0.2, 0.25) is 0 Å². The Bertz CT molecular complexity index is 1660. The molecule has 1 aromatic heterocycles. The fourth-order valence-corrected chi connectivity index (χ4v) is 6.47. The molecule has 11 heteroatoms. The molecule has 0 bridgehead atoms. The van der Waals surface area contributed by atoms with Crippen molar-refractivity contribution >= 4 is 45.0 Å². The van der Waals surface area contributed by atoms with E-state index in [1.165, 1.54) is 36.4 Å². The zero-order valence-corrected chi connectivity index (χ0v) is 23.3. The third-order valence-electron chi connectivity index (χ3n) is 7.46. The number of nitrogens with one attached hydrogen (secondary N) is 2. The van der Waals surface area contributed by atoms with Gasteiger partial charge in [0.2, 0.25) is 0 Å². The number of aromatic nitrogens is 1. The van der Waals surface area contributed by atoms with E-state index in [1.54, 1.807) is 12.1 Å². The lowest BCUT2D eigenvalue weighted by Gasteiger charge is -2.32. The molecule has 0 radical (unpaired) electrons. The van der Waals surface area contributed by atoms with Gasteiger partial charge in [-0.05, 0) is 68.4 Å². The second-order valence-corrected chi connectivity index (χ2v) is 12.2. The SMILES string of the molecule is Cc1[nH]c(C=C2C(=O)Nc3ccc(S(=O)(=O)Cc4ccc(C(=O)O)cc4)cc32)c(C)c1C(=O)N1CCN(C)CC1. The summed E-state index contributed by atoms with van der Waals surface area (Å²) in [5.41, 5.74) is 4.38. The van der Waals surface area contributed by atoms with E-state index < -0.39 is 15.8 Å². The molecule has 3 aromatic rings. The molecule has 2 aliphatic heterocycles. The van der Waals surface area contributed by atoms with Gasteiger partial charge in [-0.2, -0.15) is 0 Å². The summed E-state index contributed by atoms with van der Waals surface area (Å²) in [7, 11) is -1.77. The topological polar surface area (TPSA) is 140 Å². The molecule has 1 saturated heterocycles. The third kappa shape index (κ3) is 5.17. The highest BCUT2D eigenvalue weighted by Gasteiger charge is 2.29. The van der Waals surface area contributed by atoms with Gasteiger partial charge in [0.15, 0.2) is 9.84 Å². The van der Waals surface area contributed by atoms with Crippen LogP contribution in [-0.4, -0.2) is 79.3 Å². The van der Waals surface area contributed by atoms with E-state index in [4.69, 9.17) is 5.11 Å². The van der Waals surface area contributed by atoms with Crippen LogP contribution in [0.4, 0.5) is 5.69 Å². The first kappa shape index (κ1) is 27.4. The van der Waals surface area contributed by atoms with Crippen molar-refractivity contribution < 1.29 is 27.9 Å². The Kier molecular flexibility index (Phi) is 7.11. The van der Waals surface area contributed by atoms with Gasteiger partial charge in [-0.3, -0.25) is 9.59 Å². The number of benzene rings is 2. The van der Waals surface area contributed by atoms with Crippen molar-refractivity contribution in [1.82, 2.24) is 14.8 Å². The smallest absolute Gasteiger partial charge is 0.335 e. The number of carboxylic acid groups (broad SMARTS) is 1. The van der Waals surface area contributed by atoms with Gasteiger partial charge in [0.05, 0.1) is 27.3 Å². The van der Waals surface area contributed by atoms with E-state index in [0.29, 0.717) is 52.4 Å². The van der Waals surface area contributed by atoms with Crippen LogP contribution in [0.3, 0.4) is 0 Å². The molecule has 3 N–H and O–H groups in total. The van der Waals surface area contributed by atoms with E-state index in [-0.39, 0.29) is 28.0 Å². The number of likely N-dealkylation sites (N-methyl/N-ethyl adjacent to an activating group) is 1. The third-order valence-corrected chi connectivity index (χ3v) is 9.15. The molecular formula is C29H30N4O6S. The average molecular weight is 563 g/mol. The zero-order chi connectivity index (χ0) is 28.8. The molecule has 3 heterocycles. The molecule has 1 fully saturated rings. The summed E-state index contributed by atoms with van der Waals surface area (Å²) < 4.78 is 26.4. The quantitative estimate of drug-likeness (QED) is 0.392. The number of hydrogen-bond donors (Lipinski definition) is 3. The van der Waals surface area contributed by atoms with Gasteiger partial charge in [-0.15, -0.1) is 0 Å². The van der Waals surface area contributed by atoms with Gasteiger partial charge in [-0.25, -0.2) is 13.2 Å². The molecule has 40 heavy (non-hydrogen) atoms. The van der Waals surface area contributed by atoms with E-state index in [9.17, 15) is 22.8 Å². The number of nitrogens with zero attached hydrogens (tertiary/aromatic N) is 2. The van der Waals surface area contributed by atoms with Crippen molar-refractivity contribution in [2.75, 3.05) is 38.5 Å². The van der Waals surface area contributed by atoms with Gasteiger partial charge < -0.3 is 25.2 Å². The van der Waals surface area contributed by atoms with Crippen LogP contribution in [0.15, 0.2) is 47.4 Å². The minimum Gasteiger partial charge on any atom is -0.478 e. The molecule has 208 valence electrons. The minimum absolute atomic E-state index is 0.0429. The first-order valence-electron chi connectivity index (χ1n) is 12.8. The highest BCUT2D eigenvalue weighted by atomic mass is 32.2. The number of amides is 2. The standard InChI is InChI=1S/C29H30N4O6S/c1-17-25(30-18(2)26(17)28(35)33-12-10-32(3)11-13-33)15-23-22-14-21(8-9-24(22)31-27(23)34)40(38,39)16-19-4-6-20(7-5-19)29(36)37/h4-9,14-15,30H,10-13,16H2,1-3H3,(H,31,34)(H,36,37). The van der Waals surface area contributed by atoms with E-state index in [2.05, 4.69) is 15.2 Å². The molecular weight excluding hydrogens is 532 g/mol. The average Bonchev–Trinajstić information content (AvgIpc) is 3.37. The molecule has 0 aliphatic carbocycles. The fraction of sp³-hybridized carbons (Fsp3) is 0.276. The maximum Gasteiger partial charge on any atom is 0.335 e. The van der Waals surface area contributed by atoms with Crippen molar-refractivity contribution in [3.05, 3.63) is 81.7 Å². The van der Waals surface area contributed by atoms with Crippen molar-refractivity contribution in [3.63, 3.8) is 0 Å². The summed E-state index contributed by atoms with van der Waals surface area (Å²) in [5, 5.41) is 11.9. The number of carbonyl (C=O) groups excluding carboxylic acids is 2. The molecule has 2 amide bonds. The fourth-order valence-electron chi connectivity index (χ4n) is 5.10. The Morgan fingerprint density at radius 2 is 1.70 bits per heavy atom. The van der Waals surface area contributed by atoms with E-state index in [0.717, 1.165) is 18.7 Å². The second kappa shape index (κ2) is 10.4. The molecule has 5 rings (SSSR count). The number of sulfone groups is 1. The van der Waals surface area contributed by atoms with Crippen LogP contribution in [0.1, 0.15) is 48.8 Å². The highest BCUT2D eigenvalue weighted by Crippen LogP contribution is 2.36. The van der Waals surface area contributed by atoms with Crippen molar-refractivity contribution in [3.8, 4) is 0 Å². The number of hydrogen-bond acceptors (Lipinski definition) is 6. The van der Waals surface area contributed by atoms with Gasteiger partial charge in [-0.1, -0.05) is 12.1 Å². The van der Waals surface area contributed by atoms with Gasteiger partial charge >= 0.3 is 5.97 Å². The Morgan fingerprint density at radius 1 is 1.02 bits per heavy atom. The molecule has 0 spiro atoms. The maximum atomic E-state index is 13.3. The number of carboxylic acids is 1. The molecule has 10 nitrogen and oxygen atoms in total. The van der Waals surface area contributed by atoms with Crippen LogP contribution >= 0.6 is 0 Å². The monoisotopic (exact) mass is 562 g/mol. The lowest BCUT2D eigenvalue weighted by molar-refractivity contribution is -0.110. The summed E-state index contributed by atoms with van der Waals surface area (Å²) in [5.74, 6) is -1.83. The number of aromatic amines is 1. The van der Waals surface area contributed by atoms with Crippen molar-refractivity contribution in [2.24, 2.45) is 0 Å². The highest BCUT2D eigenvalue weighted by molar-refractivity contribution is 7.90. The molecule has 0 unspecified atom stereocenters. The van der Waals surface area contributed by atoms with Crippen LogP contribution in [0.5, 0.6) is 0 Å². The number of carbonyl (C=O) groups is 3. The Morgan fingerprint density at radius 3 is 2.35 bits per heavy atom. The summed E-state index contributed by atoms with van der Waals surface area (Å²) in [6.07, 6.45) is 1.66. The lowest BCUT2D eigenvalue weighted by atomic mass is 10.0. The predicted molar refractivity (Wildman–Crippen MR) is 151 cm³/mol. The first-order valence-corrected chi connectivity index (χ1v) is 14.5. The lowest BCUT2D eigenvalue weighted by Crippen LogP contribution is -2.47. The predicted octanol–water partition coefficient (Wildman–Crippen LogP) is 3.18. The number of anilines is 1. The number of aryl methyl sites for hydroxylation is 1. The zero-order valence-electron chi connectivity index (χ0n) is 22.4. The second-order valence-electron chi connectivity index (χ2n) is 10.2. The minimum atomic E-state index is -3.80. The van der Waals surface area contributed by atoms with Crippen LogP contribution < -0.4 is 5.32 Å². The maximum absolute atomic E-state index is 13.3. The van der Waals surface area contributed by atoms with Crippen LogP contribution in [-0.2, 0) is 20.4 Å². The summed E-state index contributed by atoms with van der Waals surface area (Å²) >= 11 is 0. The van der Waals surface area contributed by atoms with Crippen molar-refractivity contribution in [1.29, 1.82) is 0 Å². The van der Waals surface area contributed by atoms with Gasteiger partial charge in [0.25, 0.3) is 11.8 Å². The Hall–Kier alpha value is -4.22. The molecule has 2 aliphatic rings. The summed E-state index contributed by atoms with van der Waals surface area (Å²) in [6.45, 7) is 6.57.